The number of rotatable bonds is 12. The van der Waals surface area contributed by atoms with E-state index >= 15 is 0 Å². The predicted octanol–water partition coefficient (Wildman–Crippen LogP) is 3.81. The third-order valence-corrected chi connectivity index (χ3v) is 3.19. The van der Waals surface area contributed by atoms with Crippen LogP contribution >= 0.6 is 0 Å². The number of carbonyl (C=O) groups excluding carboxylic acids is 1. The Morgan fingerprint density at radius 2 is 1.78 bits per heavy atom. The fourth-order valence-electron chi connectivity index (χ4n) is 1.86. The van der Waals surface area contributed by atoms with Crippen LogP contribution in [0.1, 0.15) is 45.1 Å². The number of benzene rings is 1. The summed E-state index contributed by atoms with van der Waals surface area (Å²) in [5.74, 6) is 0.779. The maximum absolute atomic E-state index is 11.7. The van der Waals surface area contributed by atoms with Gasteiger partial charge in [0.05, 0.1) is 6.61 Å². The molecule has 1 rings (SSSR count). The number of nitrogens with one attached hydrogen (secondary N) is 1. The van der Waals surface area contributed by atoms with E-state index in [1.54, 1.807) is 12.2 Å². The van der Waals surface area contributed by atoms with Crippen LogP contribution in [0, 0.1) is 0 Å². The number of hydrogen-bond acceptors (Lipinski definition) is 3. The van der Waals surface area contributed by atoms with Gasteiger partial charge in [-0.25, -0.2) is 0 Å². The molecule has 4 nitrogen and oxygen atoms in total. The fraction of sp³-hybridized carbons (Fsp3) is 0.526. The molecule has 0 heterocycles. The minimum atomic E-state index is -0.0788. The summed E-state index contributed by atoms with van der Waals surface area (Å²) < 4.78 is 11.0. The molecule has 0 unspecified atom stereocenters. The van der Waals surface area contributed by atoms with Gasteiger partial charge in [0.2, 0.25) is 5.91 Å². The van der Waals surface area contributed by atoms with Crippen molar-refractivity contribution in [2.24, 2.45) is 0 Å². The molecule has 0 bridgehead atoms. The van der Waals surface area contributed by atoms with Crippen LogP contribution in [-0.4, -0.2) is 32.3 Å². The molecule has 4 heteroatoms. The molecule has 23 heavy (non-hydrogen) atoms. The van der Waals surface area contributed by atoms with E-state index in [4.69, 9.17) is 9.47 Å². The largest absolute Gasteiger partial charge is 0.494 e. The van der Waals surface area contributed by atoms with Crippen molar-refractivity contribution < 1.29 is 14.3 Å². The second kappa shape index (κ2) is 12.7. The van der Waals surface area contributed by atoms with E-state index in [-0.39, 0.29) is 5.91 Å². The van der Waals surface area contributed by atoms with E-state index in [9.17, 15) is 4.79 Å². The maximum atomic E-state index is 11.7. The van der Waals surface area contributed by atoms with Gasteiger partial charge in [0.15, 0.2) is 0 Å². The quantitative estimate of drug-likeness (QED) is 0.471. The SMILES string of the molecule is CCCCOCCCNC(=O)/C=C/c1ccc(OCCC)cc1. The van der Waals surface area contributed by atoms with Crippen LogP contribution in [0.3, 0.4) is 0 Å². The van der Waals surface area contributed by atoms with E-state index in [0.29, 0.717) is 13.2 Å². The van der Waals surface area contributed by atoms with E-state index in [0.717, 1.165) is 50.2 Å². The average Bonchev–Trinajstić information content (AvgIpc) is 2.58. The van der Waals surface area contributed by atoms with Gasteiger partial charge in [-0.05, 0) is 43.0 Å². The van der Waals surface area contributed by atoms with Crippen molar-refractivity contribution >= 4 is 12.0 Å². The first-order valence-electron chi connectivity index (χ1n) is 8.52. The molecule has 0 aliphatic heterocycles. The number of amides is 1. The molecule has 1 aromatic carbocycles. The molecule has 0 radical (unpaired) electrons. The van der Waals surface area contributed by atoms with Gasteiger partial charge in [-0.2, -0.15) is 0 Å². The lowest BCUT2D eigenvalue weighted by Crippen LogP contribution is -2.23. The first-order valence-corrected chi connectivity index (χ1v) is 8.52. The summed E-state index contributed by atoms with van der Waals surface area (Å²) >= 11 is 0. The zero-order chi connectivity index (χ0) is 16.8. The summed E-state index contributed by atoms with van der Waals surface area (Å²) in [4.78, 5) is 11.7. The molecular weight excluding hydrogens is 290 g/mol. The van der Waals surface area contributed by atoms with Crippen molar-refractivity contribution in [3.63, 3.8) is 0 Å². The molecule has 1 amide bonds. The second-order valence-electron chi connectivity index (χ2n) is 5.36. The Morgan fingerprint density at radius 3 is 2.48 bits per heavy atom. The van der Waals surface area contributed by atoms with E-state index in [1.165, 1.54) is 0 Å². The van der Waals surface area contributed by atoms with Crippen molar-refractivity contribution in [3.05, 3.63) is 35.9 Å². The molecule has 0 spiro atoms. The van der Waals surface area contributed by atoms with Gasteiger partial charge < -0.3 is 14.8 Å². The van der Waals surface area contributed by atoms with Crippen LogP contribution < -0.4 is 10.1 Å². The van der Waals surface area contributed by atoms with Crippen LogP contribution in [0.5, 0.6) is 5.75 Å². The van der Waals surface area contributed by atoms with Crippen molar-refractivity contribution in [1.29, 1.82) is 0 Å². The zero-order valence-corrected chi connectivity index (χ0v) is 14.3. The highest BCUT2D eigenvalue weighted by molar-refractivity contribution is 5.91. The van der Waals surface area contributed by atoms with Gasteiger partial charge in [-0.3, -0.25) is 4.79 Å². The third-order valence-electron chi connectivity index (χ3n) is 3.19. The lowest BCUT2D eigenvalue weighted by atomic mass is 10.2. The molecule has 0 fully saturated rings. The highest BCUT2D eigenvalue weighted by Gasteiger charge is 1.96. The van der Waals surface area contributed by atoms with Gasteiger partial charge >= 0.3 is 0 Å². The molecule has 0 aliphatic carbocycles. The standard InChI is InChI=1S/C19H29NO3/c1-3-5-15-22-16-6-13-20-19(21)12-9-17-7-10-18(11-8-17)23-14-4-2/h7-12H,3-6,13-16H2,1-2H3,(H,20,21)/b12-9+. The Balaban J connectivity index is 2.19. The summed E-state index contributed by atoms with van der Waals surface area (Å²) in [7, 11) is 0. The lowest BCUT2D eigenvalue weighted by molar-refractivity contribution is -0.116. The summed E-state index contributed by atoms with van der Waals surface area (Å²) in [5.41, 5.74) is 0.979. The van der Waals surface area contributed by atoms with Crippen LogP contribution in [0.4, 0.5) is 0 Å². The van der Waals surface area contributed by atoms with Crippen LogP contribution in [0.25, 0.3) is 6.08 Å². The van der Waals surface area contributed by atoms with Crippen LogP contribution in [-0.2, 0) is 9.53 Å². The lowest BCUT2D eigenvalue weighted by Gasteiger charge is -2.04. The molecule has 0 saturated carbocycles. The van der Waals surface area contributed by atoms with E-state index < -0.39 is 0 Å². The van der Waals surface area contributed by atoms with E-state index in [1.807, 2.05) is 24.3 Å². The van der Waals surface area contributed by atoms with Gasteiger partial charge in [0, 0.05) is 25.8 Å². The zero-order valence-electron chi connectivity index (χ0n) is 14.3. The molecular formula is C19H29NO3. The smallest absolute Gasteiger partial charge is 0.244 e. The Morgan fingerprint density at radius 1 is 1.04 bits per heavy atom. The van der Waals surface area contributed by atoms with Crippen molar-refractivity contribution in [2.75, 3.05) is 26.4 Å². The van der Waals surface area contributed by atoms with Gasteiger partial charge in [-0.15, -0.1) is 0 Å². The molecule has 1 aromatic rings. The number of hydrogen-bond donors (Lipinski definition) is 1. The number of unbranched alkanes of at least 4 members (excludes halogenated alkanes) is 1. The fourth-order valence-corrected chi connectivity index (χ4v) is 1.86. The highest BCUT2D eigenvalue weighted by Crippen LogP contribution is 2.13. The first kappa shape index (κ1) is 19.2. The topological polar surface area (TPSA) is 47.6 Å². The molecule has 0 saturated heterocycles. The van der Waals surface area contributed by atoms with Gasteiger partial charge in [0.25, 0.3) is 0 Å². The molecule has 0 aromatic heterocycles. The van der Waals surface area contributed by atoms with Crippen molar-refractivity contribution in [3.8, 4) is 5.75 Å². The summed E-state index contributed by atoms with van der Waals surface area (Å²) in [6.45, 7) is 7.08. The molecule has 1 N–H and O–H groups in total. The Hall–Kier alpha value is -1.81. The second-order valence-corrected chi connectivity index (χ2v) is 5.36. The van der Waals surface area contributed by atoms with Crippen molar-refractivity contribution in [1.82, 2.24) is 5.32 Å². The van der Waals surface area contributed by atoms with E-state index in [2.05, 4.69) is 19.2 Å². The summed E-state index contributed by atoms with van der Waals surface area (Å²) in [5, 5.41) is 2.85. The maximum Gasteiger partial charge on any atom is 0.244 e. The normalized spacial score (nSPS) is 10.9. The van der Waals surface area contributed by atoms with Crippen LogP contribution in [0.2, 0.25) is 0 Å². The minimum Gasteiger partial charge on any atom is -0.494 e. The average molecular weight is 319 g/mol. The van der Waals surface area contributed by atoms with Gasteiger partial charge in [-0.1, -0.05) is 32.4 Å². The molecule has 128 valence electrons. The predicted molar refractivity (Wildman–Crippen MR) is 94.6 cm³/mol. The summed E-state index contributed by atoms with van der Waals surface area (Å²) in [6.07, 6.45) is 7.43. The van der Waals surface area contributed by atoms with Gasteiger partial charge in [0.1, 0.15) is 5.75 Å². The number of carbonyl (C=O) groups is 1. The molecule has 0 aliphatic rings. The Kier molecular flexibility index (Phi) is 10.6. The molecule has 0 atom stereocenters. The Bertz CT molecular complexity index is 454. The first-order chi connectivity index (χ1) is 11.3. The summed E-state index contributed by atoms with van der Waals surface area (Å²) in [6, 6.07) is 7.72. The monoisotopic (exact) mass is 319 g/mol. The Labute approximate surface area is 139 Å². The third kappa shape index (κ3) is 9.74. The van der Waals surface area contributed by atoms with Crippen LogP contribution in [0.15, 0.2) is 30.3 Å². The minimum absolute atomic E-state index is 0.0788. The van der Waals surface area contributed by atoms with Crippen molar-refractivity contribution in [2.45, 2.75) is 39.5 Å². The highest BCUT2D eigenvalue weighted by atomic mass is 16.5. The number of ether oxygens (including phenoxy) is 2.